The van der Waals surface area contributed by atoms with E-state index in [-0.39, 0.29) is 17.8 Å². The van der Waals surface area contributed by atoms with Crippen LogP contribution >= 0.6 is 0 Å². The van der Waals surface area contributed by atoms with Crippen LogP contribution in [0.25, 0.3) is 0 Å². The number of aromatic amines is 1. The fraction of sp³-hybridized carbons (Fsp3) is 0.556. The lowest BCUT2D eigenvalue weighted by molar-refractivity contribution is -0.134. The Morgan fingerprint density at radius 3 is 2.50 bits per heavy atom. The number of rotatable bonds is 3. The van der Waals surface area contributed by atoms with Gasteiger partial charge in [0.25, 0.3) is 0 Å². The number of amides is 2. The molecule has 0 radical (unpaired) electrons. The average Bonchev–Trinajstić information content (AvgIpc) is 2.98. The van der Waals surface area contributed by atoms with Gasteiger partial charge in [0.1, 0.15) is 11.2 Å². The molecule has 1 aromatic heterocycles. The van der Waals surface area contributed by atoms with E-state index in [9.17, 15) is 9.59 Å². The van der Waals surface area contributed by atoms with Crippen LogP contribution in [0.2, 0.25) is 0 Å². The van der Waals surface area contributed by atoms with Gasteiger partial charge in [-0.15, -0.1) is 5.10 Å². The first-order valence-corrected chi connectivity index (χ1v) is 5.01. The Balaban J connectivity index is 2.06. The van der Waals surface area contributed by atoms with Crippen LogP contribution in [0, 0.1) is 12.3 Å². The molecule has 0 spiro atoms. The van der Waals surface area contributed by atoms with Crippen molar-refractivity contribution in [3.05, 3.63) is 5.82 Å². The van der Waals surface area contributed by atoms with Crippen molar-refractivity contribution in [3.63, 3.8) is 0 Å². The fourth-order valence-corrected chi connectivity index (χ4v) is 1.54. The van der Waals surface area contributed by atoms with E-state index in [2.05, 4.69) is 25.8 Å². The molecule has 0 bridgehead atoms. The first-order chi connectivity index (χ1) is 7.58. The standard InChI is InChI=1S/C9H13N5O2/c1-5-11-8(14-13-5)12-7(16)9(3-4-9)6(15)10-2/h3-4H2,1-2H3,(H,10,15)(H2,11,12,13,14,16). The summed E-state index contributed by atoms with van der Waals surface area (Å²) in [5.41, 5.74) is -0.913. The zero-order chi connectivity index (χ0) is 11.8. The van der Waals surface area contributed by atoms with Crippen LogP contribution in [0.4, 0.5) is 5.95 Å². The number of nitrogens with one attached hydrogen (secondary N) is 3. The molecule has 3 N–H and O–H groups in total. The predicted octanol–water partition coefficient (Wildman–Crippen LogP) is -0.422. The maximum atomic E-state index is 11.8. The van der Waals surface area contributed by atoms with Crippen LogP contribution in [0.15, 0.2) is 0 Å². The summed E-state index contributed by atoms with van der Waals surface area (Å²) in [4.78, 5) is 27.3. The maximum Gasteiger partial charge on any atom is 0.248 e. The van der Waals surface area contributed by atoms with Crippen LogP contribution in [0.5, 0.6) is 0 Å². The molecule has 7 heteroatoms. The molecule has 1 fully saturated rings. The molecule has 0 aliphatic heterocycles. The van der Waals surface area contributed by atoms with Gasteiger partial charge in [0, 0.05) is 7.05 Å². The molecule has 86 valence electrons. The van der Waals surface area contributed by atoms with Gasteiger partial charge < -0.3 is 5.32 Å². The molecule has 1 heterocycles. The summed E-state index contributed by atoms with van der Waals surface area (Å²) >= 11 is 0. The Hall–Kier alpha value is -1.92. The highest BCUT2D eigenvalue weighted by atomic mass is 16.2. The van der Waals surface area contributed by atoms with Crippen molar-refractivity contribution in [2.45, 2.75) is 19.8 Å². The van der Waals surface area contributed by atoms with E-state index in [0.717, 1.165) is 0 Å². The van der Waals surface area contributed by atoms with Gasteiger partial charge in [-0.3, -0.25) is 20.0 Å². The van der Waals surface area contributed by atoms with Crippen LogP contribution in [0.1, 0.15) is 18.7 Å². The smallest absolute Gasteiger partial charge is 0.248 e. The minimum absolute atomic E-state index is 0.206. The van der Waals surface area contributed by atoms with Crippen molar-refractivity contribution in [3.8, 4) is 0 Å². The first kappa shape index (κ1) is 10.6. The molecule has 7 nitrogen and oxygen atoms in total. The van der Waals surface area contributed by atoms with Gasteiger partial charge in [-0.2, -0.15) is 4.98 Å². The number of nitrogens with zero attached hydrogens (tertiary/aromatic N) is 2. The van der Waals surface area contributed by atoms with Crippen molar-refractivity contribution in [1.29, 1.82) is 0 Å². The third-order valence-electron chi connectivity index (χ3n) is 2.67. The topological polar surface area (TPSA) is 99.8 Å². The van der Waals surface area contributed by atoms with E-state index in [1.54, 1.807) is 6.92 Å². The van der Waals surface area contributed by atoms with Crippen LogP contribution in [0.3, 0.4) is 0 Å². The highest BCUT2D eigenvalue weighted by Gasteiger charge is 2.56. The zero-order valence-corrected chi connectivity index (χ0v) is 9.13. The quantitative estimate of drug-likeness (QED) is 0.606. The van der Waals surface area contributed by atoms with Gasteiger partial charge in [-0.1, -0.05) is 0 Å². The number of aromatic nitrogens is 3. The van der Waals surface area contributed by atoms with Gasteiger partial charge in [0.15, 0.2) is 0 Å². The molecule has 1 saturated carbocycles. The van der Waals surface area contributed by atoms with Crippen LogP contribution in [-0.2, 0) is 9.59 Å². The van der Waals surface area contributed by atoms with Crippen molar-refractivity contribution in [1.82, 2.24) is 20.5 Å². The third kappa shape index (κ3) is 1.64. The molecule has 16 heavy (non-hydrogen) atoms. The number of carbonyl (C=O) groups excluding carboxylic acids is 2. The molecule has 1 aromatic rings. The number of hydrogen-bond donors (Lipinski definition) is 3. The number of hydrogen-bond acceptors (Lipinski definition) is 4. The lowest BCUT2D eigenvalue weighted by Gasteiger charge is -2.11. The molecule has 0 atom stereocenters. The van der Waals surface area contributed by atoms with Crippen LogP contribution < -0.4 is 10.6 Å². The monoisotopic (exact) mass is 223 g/mol. The van der Waals surface area contributed by atoms with Gasteiger partial charge in [0.2, 0.25) is 17.8 Å². The summed E-state index contributed by atoms with van der Waals surface area (Å²) in [5.74, 6) is 0.223. The summed E-state index contributed by atoms with van der Waals surface area (Å²) in [5, 5.41) is 11.4. The molecule has 2 amide bonds. The van der Waals surface area contributed by atoms with Gasteiger partial charge in [0.05, 0.1) is 0 Å². The molecular formula is C9H13N5O2. The van der Waals surface area contributed by atoms with E-state index in [1.807, 2.05) is 0 Å². The van der Waals surface area contributed by atoms with Gasteiger partial charge >= 0.3 is 0 Å². The number of aryl methyl sites for hydroxylation is 1. The zero-order valence-electron chi connectivity index (χ0n) is 9.13. The Morgan fingerprint density at radius 2 is 2.06 bits per heavy atom. The minimum Gasteiger partial charge on any atom is -0.358 e. The first-order valence-electron chi connectivity index (χ1n) is 5.01. The van der Waals surface area contributed by atoms with Crippen molar-refractivity contribution >= 4 is 17.8 Å². The fourth-order valence-electron chi connectivity index (χ4n) is 1.54. The molecule has 1 aliphatic carbocycles. The minimum atomic E-state index is -0.913. The average molecular weight is 223 g/mol. The lowest BCUT2D eigenvalue weighted by Crippen LogP contribution is -2.38. The molecule has 2 rings (SSSR count). The highest BCUT2D eigenvalue weighted by molar-refractivity contribution is 6.12. The van der Waals surface area contributed by atoms with E-state index < -0.39 is 5.41 Å². The Bertz CT molecular complexity index is 435. The number of carbonyl (C=O) groups is 2. The van der Waals surface area contributed by atoms with E-state index in [0.29, 0.717) is 18.7 Å². The Labute approximate surface area is 92.0 Å². The molecule has 1 aliphatic rings. The summed E-state index contributed by atoms with van der Waals surface area (Å²) in [6.07, 6.45) is 1.14. The third-order valence-corrected chi connectivity index (χ3v) is 2.67. The Morgan fingerprint density at radius 1 is 1.38 bits per heavy atom. The summed E-state index contributed by atoms with van der Waals surface area (Å²) in [6, 6.07) is 0. The largest absolute Gasteiger partial charge is 0.358 e. The van der Waals surface area contributed by atoms with Crippen molar-refractivity contribution < 1.29 is 9.59 Å². The summed E-state index contributed by atoms with van der Waals surface area (Å²) in [6.45, 7) is 1.73. The van der Waals surface area contributed by atoms with Crippen molar-refractivity contribution in [2.75, 3.05) is 12.4 Å². The summed E-state index contributed by atoms with van der Waals surface area (Å²) < 4.78 is 0. The molecular weight excluding hydrogens is 210 g/mol. The second kappa shape index (κ2) is 3.58. The molecule has 0 saturated heterocycles. The molecule has 0 aromatic carbocycles. The van der Waals surface area contributed by atoms with Crippen molar-refractivity contribution in [2.24, 2.45) is 5.41 Å². The Kier molecular flexibility index (Phi) is 2.37. The van der Waals surface area contributed by atoms with Crippen LogP contribution in [-0.4, -0.2) is 34.0 Å². The molecule has 0 unspecified atom stereocenters. The predicted molar refractivity (Wildman–Crippen MR) is 55.5 cm³/mol. The lowest BCUT2D eigenvalue weighted by atomic mass is 10.1. The van der Waals surface area contributed by atoms with Gasteiger partial charge in [-0.25, -0.2) is 0 Å². The normalized spacial score (nSPS) is 16.6. The second-order valence-corrected chi connectivity index (χ2v) is 3.86. The SMILES string of the molecule is CNC(=O)C1(C(=O)Nc2n[nH]c(C)n2)CC1. The number of anilines is 1. The van der Waals surface area contributed by atoms with Gasteiger partial charge in [-0.05, 0) is 19.8 Å². The van der Waals surface area contributed by atoms with E-state index in [1.165, 1.54) is 7.05 Å². The number of H-pyrrole nitrogens is 1. The second-order valence-electron chi connectivity index (χ2n) is 3.86. The highest BCUT2D eigenvalue weighted by Crippen LogP contribution is 2.46. The van der Waals surface area contributed by atoms with E-state index in [4.69, 9.17) is 0 Å². The van der Waals surface area contributed by atoms with E-state index >= 15 is 0 Å². The maximum absolute atomic E-state index is 11.8. The summed E-state index contributed by atoms with van der Waals surface area (Å²) in [7, 11) is 1.52.